The van der Waals surface area contributed by atoms with E-state index in [4.69, 9.17) is 9.47 Å². The number of aliphatic hydroxyl groups excluding tert-OH is 1. The molecule has 10 heteroatoms. The summed E-state index contributed by atoms with van der Waals surface area (Å²) in [5.74, 6) is -5.29. The van der Waals surface area contributed by atoms with E-state index >= 15 is 0 Å². The van der Waals surface area contributed by atoms with Gasteiger partial charge in [0.05, 0.1) is 11.7 Å². The van der Waals surface area contributed by atoms with E-state index in [2.05, 4.69) is 0 Å². The van der Waals surface area contributed by atoms with Crippen LogP contribution >= 0.6 is 0 Å². The Morgan fingerprint density at radius 3 is 2.29 bits per heavy atom. The maximum atomic E-state index is 13.0. The highest BCUT2D eigenvalue weighted by Gasteiger charge is 2.67. The van der Waals surface area contributed by atoms with E-state index in [1.807, 2.05) is 0 Å². The second kappa shape index (κ2) is 6.03. The lowest BCUT2D eigenvalue weighted by Crippen LogP contribution is -2.59. The first kappa shape index (κ1) is 19.5. The van der Waals surface area contributed by atoms with E-state index < -0.39 is 47.3 Å². The number of carbonyl (C=O) groups excluding carboxylic acids is 1. The van der Waals surface area contributed by atoms with Crippen LogP contribution in [-0.2, 0) is 16.8 Å². The molecule has 0 radical (unpaired) electrons. The summed E-state index contributed by atoms with van der Waals surface area (Å²) in [5, 5.41) is 72.3. The molecule has 0 amide bonds. The molecule has 2 heterocycles. The van der Waals surface area contributed by atoms with Crippen LogP contribution in [0.2, 0.25) is 0 Å². The third-order valence-corrected chi connectivity index (χ3v) is 5.94. The van der Waals surface area contributed by atoms with E-state index in [9.17, 15) is 40.5 Å². The number of carbonyl (C=O) groups is 1. The average molecular weight is 430 g/mol. The fourth-order valence-electron chi connectivity index (χ4n) is 4.53. The Bertz CT molecular complexity index is 1170. The molecule has 0 saturated carbocycles. The van der Waals surface area contributed by atoms with Crippen LogP contribution in [0.4, 0.5) is 0 Å². The number of ketones is 1. The highest BCUT2D eigenvalue weighted by Crippen LogP contribution is 2.56. The van der Waals surface area contributed by atoms with Crippen molar-refractivity contribution in [1.82, 2.24) is 0 Å². The Hall–Kier alpha value is -3.47. The number of ether oxygens (including phenoxy) is 2. The first-order valence-corrected chi connectivity index (χ1v) is 9.38. The van der Waals surface area contributed by atoms with Crippen LogP contribution in [0.3, 0.4) is 0 Å². The van der Waals surface area contributed by atoms with Crippen molar-refractivity contribution in [2.45, 2.75) is 36.4 Å². The van der Waals surface area contributed by atoms with E-state index in [-0.39, 0.29) is 46.1 Å². The topological polar surface area (TPSA) is 177 Å². The molecule has 5 rings (SSSR count). The van der Waals surface area contributed by atoms with Gasteiger partial charge in [-0.1, -0.05) is 0 Å². The summed E-state index contributed by atoms with van der Waals surface area (Å²) in [6.07, 6.45) is -1.92. The van der Waals surface area contributed by atoms with Gasteiger partial charge in [0.15, 0.2) is 5.78 Å². The summed E-state index contributed by atoms with van der Waals surface area (Å²) < 4.78 is 11.1. The number of hydrogen-bond donors (Lipinski definition) is 7. The van der Waals surface area contributed by atoms with Crippen molar-refractivity contribution < 1.29 is 50.0 Å². The Labute approximate surface area is 174 Å². The lowest BCUT2D eigenvalue weighted by molar-refractivity contribution is -0.238. The zero-order valence-electron chi connectivity index (χ0n) is 15.8. The average Bonchev–Trinajstić information content (AvgIpc) is 2.89. The zero-order valence-corrected chi connectivity index (χ0v) is 15.8. The third kappa shape index (κ3) is 2.52. The Balaban J connectivity index is 1.55. The first-order valence-electron chi connectivity index (χ1n) is 9.38. The van der Waals surface area contributed by atoms with Gasteiger partial charge in [0.25, 0.3) is 5.79 Å². The maximum Gasteiger partial charge on any atom is 0.253 e. The molecule has 10 nitrogen and oxygen atoms in total. The van der Waals surface area contributed by atoms with Crippen LogP contribution in [0, 0.1) is 0 Å². The Kier molecular flexibility index (Phi) is 3.79. The number of benzene rings is 2. The SMILES string of the molecule is O=C1C=C([C@H]2Oc3cc(O)cc(O)c3C[C@H]2O)C[C@]2(O)Oc3cc(O)cc(O)c3[C@]12O. The van der Waals surface area contributed by atoms with E-state index in [1.54, 1.807) is 0 Å². The second-order valence-electron chi connectivity index (χ2n) is 7.95. The van der Waals surface area contributed by atoms with Gasteiger partial charge in [-0.3, -0.25) is 4.79 Å². The predicted octanol–water partition coefficient (Wildman–Crippen LogP) is 0.0414. The smallest absolute Gasteiger partial charge is 0.253 e. The molecule has 0 saturated heterocycles. The standard InChI is InChI=1S/C21H18O10/c22-9-2-12(24)11-6-14(26)19(30-15(11)4-9)8-1-17(27)21(29)18-13(25)3-10(23)5-16(18)31-20(21,28)7-8/h1-5,14,19,22-26,28-29H,6-7H2/t14-,19-,20+,21-/m1/s1. The molecule has 0 bridgehead atoms. The molecule has 0 unspecified atom stereocenters. The highest BCUT2D eigenvalue weighted by atomic mass is 16.7. The number of hydrogen-bond acceptors (Lipinski definition) is 10. The van der Waals surface area contributed by atoms with Gasteiger partial charge in [0.2, 0.25) is 5.60 Å². The second-order valence-corrected chi connectivity index (χ2v) is 7.95. The van der Waals surface area contributed by atoms with Crippen molar-refractivity contribution in [2.24, 2.45) is 0 Å². The number of aromatic hydroxyl groups is 4. The van der Waals surface area contributed by atoms with E-state index in [0.29, 0.717) is 0 Å². The van der Waals surface area contributed by atoms with Gasteiger partial charge in [0, 0.05) is 42.7 Å². The summed E-state index contributed by atoms with van der Waals surface area (Å²) in [7, 11) is 0. The normalized spacial score (nSPS) is 31.1. The molecular weight excluding hydrogens is 412 g/mol. The molecule has 31 heavy (non-hydrogen) atoms. The van der Waals surface area contributed by atoms with Gasteiger partial charge >= 0.3 is 0 Å². The van der Waals surface area contributed by atoms with Gasteiger partial charge in [-0.05, 0) is 11.6 Å². The van der Waals surface area contributed by atoms with E-state index in [0.717, 1.165) is 24.3 Å². The minimum atomic E-state index is -2.64. The van der Waals surface area contributed by atoms with Crippen molar-refractivity contribution in [2.75, 3.05) is 0 Å². The molecular formula is C21H18O10. The van der Waals surface area contributed by atoms with Gasteiger partial charge in [-0.2, -0.15) is 0 Å². The van der Waals surface area contributed by atoms with Crippen LogP contribution in [0.25, 0.3) is 0 Å². The number of phenolic OH excluding ortho intramolecular Hbond substituents is 4. The van der Waals surface area contributed by atoms with Gasteiger partial charge in [-0.25, -0.2) is 0 Å². The highest BCUT2D eigenvalue weighted by molar-refractivity contribution is 6.02. The summed E-state index contributed by atoms with van der Waals surface area (Å²) in [6, 6.07) is 4.30. The molecule has 1 aliphatic carbocycles. The largest absolute Gasteiger partial charge is 0.508 e. The number of aliphatic hydroxyl groups is 3. The first-order chi connectivity index (χ1) is 14.5. The fourth-order valence-corrected chi connectivity index (χ4v) is 4.53. The van der Waals surface area contributed by atoms with Crippen molar-refractivity contribution in [1.29, 1.82) is 0 Å². The minimum Gasteiger partial charge on any atom is -0.508 e. The van der Waals surface area contributed by atoms with Crippen LogP contribution < -0.4 is 9.47 Å². The van der Waals surface area contributed by atoms with Crippen LogP contribution in [0.15, 0.2) is 35.9 Å². The molecule has 2 aromatic rings. The molecule has 3 aliphatic rings. The molecule has 0 spiro atoms. The lowest BCUT2D eigenvalue weighted by Gasteiger charge is -2.41. The fraction of sp³-hybridized carbons (Fsp3) is 0.286. The summed E-state index contributed by atoms with van der Waals surface area (Å²) in [4.78, 5) is 13.0. The zero-order chi connectivity index (χ0) is 22.3. The monoisotopic (exact) mass is 430 g/mol. The molecule has 7 N–H and O–H groups in total. The predicted molar refractivity (Wildman–Crippen MR) is 101 cm³/mol. The number of fused-ring (bicyclic) bond motifs is 4. The van der Waals surface area contributed by atoms with Gasteiger partial charge in [-0.15, -0.1) is 0 Å². The van der Waals surface area contributed by atoms with Crippen LogP contribution in [-0.4, -0.2) is 59.5 Å². The maximum absolute atomic E-state index is 13.0. The molecule has 2 aromatic carbocycles. The number of rotatable bonds is 1. The van der Waals surface area contributed by atoms with Gasteiger partial charge < -0.3 is 45.2 Å². The third-order valence-electron chi connectivity index (χ3n) is 5.94. The van der Waals surface area contributed by atoms with Crippen LogP contribution in [0.5, 0.6) is 34.5 Å². The molecule has 4 atom stereocenters. The molecule has 162 valence electrons. The lowest BCUT2D eigenvalue weighted by atomic mass is 9.73. The van der Waals surface area contributed by atoms with Crippen molar-refractivity contribution >= 4 is 5.78 Å². The summed E-state index contributed by atoms with van der Waals surface area (Å²) >= 11 is 0. The summed E-state index contributed by atoms with van der Waals surface area (Å²) in [5.41, 5.74) is -2.66. The van der Waals surface area contributed by atoms with Gasteiger partial charge in [0.1, 0.15) is 40.6 Å². The summed E-state index contributed by atoms with van der Waals surface area (Å²) in [6.45, 7) is 0. The van der Waals surface area contributed by atoms with Crippen molar-refractivity contribution in [3.63, 3.8) is 0 Å². The molecule has 0 fully saturated rings. The molecule has 0 aromatic heterocycles. The Morgan fingerprint density at radius 2 is 1.58 bits per heavy atom. The molecule has 2 aliphatic heterocycles. The quantitative estimate of drug-likeness (QED) is 0.327. The minimum absolute atomic E-state index is 0.0594. The van der Waals surface area contributed by atoms with Crippen molar-refractivity contribution in [3.8, 4) is 34.5 Å². The number of phenols is 4. The van der Waals surface area contributed by atoms with Crippen molar-refractivity contribution in [3.05, 3.63) is 47.0 Å². The Morgan fingerprint density at radius 1 is 0.935 bits per heavy atom. The van der Waals surface area contributed by atoms with E-state index in [1.165, 1.54) is 6.07 Å². The van der Waals surface area contributed by atoms with Crippen LogP contribution in [0.1, 0.15) is 17.5 Å².